The summed E-state index contributed by atoms with van der Waals surface area (Å²) in [4.78, 5) is 11.5. The number of nitrogens with one attached hydrogen (secondary N) is 1. The monoisotopic (exact) mass is 233 g/mol. The van der Waals surface area contributed by atoms with Gasteiger partial charge in [0.2, 0.25) is 0 Å². The van der Waals surface area contributed by atoms with Gasteiger partial charge in [-0.05, 0) is 40.0 Å². The van der Waals surface area contributed by atoms with E-state index in [1.54, 1.807) is 20.8 Å². The molecule has 5 heteroatoms. The van der Waals surface area contributed by atoms with Crippen molar-refractivity contribution >= 4 is 6.09 Å². The molecule has 0 aromatic rings. The maximum atomic E-state index is 12.4. The fourth-order valence-electron chi connectivity index (χ4n) is 1.91. The van der Waals surface area contributed by atoms with Crippen LogP contribution in [0.3, 0.4) is 0 Å². The standard InChI is InChI=1S/C11H20FNO3/c1-10(2,3)16-9(15)13-11(4-5-12)6-8(14)7-11/h8,14H,4-7H2,1-3H3,(H,13,15). The number of amides is 1. The van der Waals surface area contributed by atoms with Crippen LogP contribution in [0.2, 0.25) is 0 Å². The lowest BCUT2D eigenvalue weighted by Gasteiger charge is -2.45. The molecule has 1 aliphatic carbocycles. The normalized spacial score (nSPS) is 29.4. The predicted molar refractivity (Wildman–Crippen MR) is 57.9 cm³/mol. The van der Waals surface area contributed by atoms with Crippen molar-refractivity contribution in [2.75, 3.05) is 6.67 Å². The lowest BCUT2D eigenvalue weighted by Crippen LogP contribution is -2.60. The minimum atomic E-state index is -0.615. The Labute approximate surface area is 95.2 Å². The van der Waals surface area contributed by atoms with Crippen molar-refractivity contribution in [3.05, 3.63) is 0 Å². The second kappa shape index (κ2) is 4.57. The minimum absolute atomic E-state index is 0.225. The fraction of sp³-hybridized carbons (Fsp3) is 0.909. The number of aliphatic hydroxyl groups is 1. The summed E-state index contributed by atoms with van der Waals surface area (Å²) in [5, 5.41) is 11.9. The molecular formula is C11H20FNO3. The molecule has 1 rings (SSSR count). The van der Waals surface area contributed by atoms with Crippen LogP contribution in [0.1, 0.15) is 40.0 Å². The van der Waals surface area contributed by atoms with Gasteiger partial charge in [0, 0.05) is 0 Å². The smallest absolute Gasteiger partial charge is 0.408 e. The number of carbonyl (C=O) groups is 1. The van der Waals surface area contributed by atoms with Crippen molar-refractivity contribution < 1.29 is 19.0 Å². The summed E-state index contributed by atoms with van der Waals surface area (Å²) in [6.07, 6.45) is 0.0321. The Hall–Kier alpha value is -0.840. The van der Waals surface area contributed by atoms with E-state index in [-0.39, 0.29) is 6.42 Å². The summed E-state index contributed by atoms with van der Waals surface area (Å²) in [6.45, 7) is 4.79. The molecule has 0 bridgehead atoms. The van der Waals surface area contributed by atoms with Crippen molar-refractivity contribution in [2.45, 2.75) is 57.3 Å². The van der Waals surface area contributed by atoms with E-state index in [4.69, 9.17) is 4.74 Å². The van der Waals surface area contributed by atoms with E-state index < -0.39 is 30.0 Å². The van der Waals surface area contributed by atoms with Gasteiger partial charge in [0.05, 0.1) is 18.3 Å². The van der Waals surface area contributed by atoms with Gasteiger partial charge in [-0.25, -0.2) is 4.79 Å². The molecule has 0 atom stereocenters. The van der Waals surface area contributed by atoms with E-state index in [1.807, 2.05) is 0 Å². The first-order chi connectivity index (χ1) is 7.26. The van der Waals surface area contributed by atoms with E-state index in [9.17, 15) is 14.3 Å². The number of alkyl carbamates (subject to hydrolysis) is 1. The van der Waals surface area contributed by atoms with Gasteiger partial charge in [-0.2, -0.15) is 0 Å². The molecule has 1 aliphatic rings. The molecule has 0 saturated heterocycles. The third-order valence-electron chi connectivity index (χ3n) is 2.59. The largest absolute Gasteiger partial charge is 0.444 e. The molecule has 0 aliphatic heterocycles. The van der Waals surface area contributed by atoms with Gasteiger partial charge in [-0.15, -0.1) is 0 Å². The molecule has 1 fully saturated rings. The molecule has 1 amide bonds. The summed E-state index contributed by atoms with van der Waals surface area (Å²) < 4.78 is 17.4. The maximum Gasteiger partial charge on any atom is 0.408 e. The molecule has 1 saturated carbocycles. The highest BCUT2D eigenvalue weighted by Gasteiger charge is 2.45. The average molecular weight is 233 g/mol. The highest BCUT2D eigenvalue weighted by Crippen LogP contribution is 2.35. The van der Waals surface area contributed by atoms with Gasteiger partial charge < -0.3 is 15.2 Å². The Morgan fingerprint density at radius 3 is 2.50 bits per heavy atom. The predicted octanol–water partition coefficient (Wildman–Crippen LogP) is 1.76. The zero-order chi connectivity index (χ0) is 12.4. The van der Waals surface area contributed by atoms with Crippen molar-refractivity contribution in [2.24, 2.45) is 0 Å². The Morgan fingerprint density at radius 1 is 1.56 bits per heavy atom. The van der Waals surface area contributed by atoms with Crippen molar-refractivity contribution in [1.29, 1.82) is 0 Å². The number of ether oxygens (including phenoxy) is 1. The molecule has 2 N–H and O–H groups in total. The second-order valence-corrected chi connectivity index (χ2v) is 5.41. The summed E-state index contributed by atoms with van der Waals surface area (Å²) >= 11 is 0. The van der Waals surface area contributed by atoms with E-state index in [2.05, 4.69) is 5.32 Å². The number of hydrogen-bond acceptors (Lipinski definition) is 3. The van der Waals surface area contributed by atoms with Crippen LogP contribution >= 0.6 is 0 Å². The lowest BCUT2D eigenvalue weighted by atomic mass is 9.72. The van der Waals surface area contributed by atoms with Crippen LogP contribution in [-0.4, -0.2) is 35.1 Å². The van der Waals surface area contributed by atoms with E-state index in [0.29, 0.717) is 12.8 Å². The third-order valence-corrected chi connectivity index (χ3v) is 2.59. The molecular weight excluding hydrogens is 213 g/mol. The van der Waals surface area contributed by atoms with Crippen LogP contribution in [-0.2, 0) is 4.74 Å². The zero-order valence-electron chi connectivity index (χ0n) is 10.0. The van der Waals surface area contributed by atoms with Gasteiger partial charge >= 0.3 is 6.09 Å². The SMILES string of the molecule is CC(C)(C)OC(=O)NC1(CCF)CC(O)C1. The molecule has 0 heterocycles. The molecule has 0 aromatic carbocycles. The summed E-state index contributed by atoms with van der Waals surface area (Å²) in [5.74, 6) is 0. The first kappa shape index (κ1) is 13.2. The van der Waals surface area contributed by atoms with Gasteiger partial charge in [0.1, 0.15) is 5.60 Å². The molecule has 94 valence electrons. The summed E-state index contributed by atoms with van der Waals surface area (Å²) in [7, 11) is 0. The van der Waals surface area contributed by atoms with Crippen LogP contribution in [0.4, 0.5) is 9.18 Å². The number of halogens is 1. The van der Waals surface area contributed by atoms with Crippen LogP contribution in [0.15, 0.2) is 0 Å². The van der Waals surface area contributed by atoms with Crippen molar-refractivity contribution in [1.82, 2.24) is 5.32 Å². The van der Waals surface area contributed by atoms with Gasteiger partial charge in [-0.3, -0.25) is 4.39 Å². The van der Waals surface area contributed by atoms with Crippen LogP contribution in [0.25, 0.3) is 0 Å². The third kappa shape index (κ3) is 3.63. The summed E-state index contributed by atoms with van der Waals surface area (Å²) in [6, 6.07) is 0. The Balaban J connectivity index is 2.47. The fourth-order valence-corrected chi connectivity index (χ4v) is 1.91. The number of hydrogen-bond donors (Lipinski definition) is 2. The number of alkyl halides is 1. The number of carbonyl (C=O) groups excluding carboxylic acids is 1. The van der Waals surface area contributed by atoms with Crippen LogP contribution in [0, 0.1) is 0 Å². The van der Waals surface area contributed by atoms with Gasteiger partial charge in [0.15, 0.2) is 0 Å². The number of aliphatic hydroxyl groups excluding tert-OH is 1. The highest BCUT2D eigenvalue weighted by atomic mass is 19.1. The molecule has 4 nitrogen and oxygen atoms in total. The van der Waals surface area contributed by atoms with Gasteiger partial charge in [-0.1, -0.05) is 0 Å². The lowest BCUT2D eigenvalue weighted by molar-refractivity contribution is -0.0157. The van der Waals surface area contributed by atoms with E-state index in [0.717, 1.165) is 0 Å². The average Bonchev–Trinajstić information content (AvgIpc) is 1.97. The first-order valence-corrected chi connectivity index (χ1v) is 5.51. The van der Waals surface area contributed by atoms with Crippen LogP contribution < -0.4 is 5.32 Å². The number of rotatable bonds is 3. The molecule has 0 spiro atoms. The van der Waals surface area contributed by atoms with E-state index >= 15 is 0 Å². The molecule has 0 radical (unpaired) electrons. The summed E-state index contributed by atoms with van der Waals surface area (Å²) in [5.41, 5.74) is -1.18. The quantitative estimate of drug-likeness (QED) is 0.781. The topological polar surface area (TPSA) is 58.6 Å². The molecule has 16 heavy (non-hydrogen) atoms. The first-order valence-electron chi connectivity index (χ1n) is 5.51. The second-order valence-electron chi connectivity index (χ2n) is 5.41. The van der Waals surface area contributed by atoms with Crippen molar-refractivity contribution in [3.8, 4) is 0 Å². The Morgan fingerprint density at radius 2 is 2.12 bits per heavy atom. The molecule has 0 aromatic heterocycles. The van der Waals surface area contributed by atoms with E-state index in [1.165, 1.54) is 0 Å². The van der Waals surface area contributed by atoms with Crippen molar-refractivity contribution in [3.63, 3.8) is 0 Å². The zero-order valence-corrected chi connectivity index (χ0v) is 10.0. The van der Waals surface area contributed by atoms with Crippen LogP contribution in [0.5, 0.6) is 0 Å². The maximum absolute atomic E-state index is 12.4. The Kier molecular flexibility index (Phi) is 3.78. The minimum Gasteiger partial charge on any atom is -0.444 e. The van der Waals surface area contributed by atoms with Gasteiger partial charge in [0.25, 0.3) is 0 Å². The Bertz CT molecular complexity index is 251. The molecule has 0 unspecified atom stereocenters. The highest BCUT2D eigenvalue weighted by molar-refractivity contribution is 5.69.